The Hall–Kier alpha value is -2.39. The van der Waals surface area contributed by atoms with Crippen molar-refractivity contribution < 1.29 is 4.79 Å². The van der Waals surface area contributed by atoms with E-state index in [0.717, 1.165) is 16.5 Å². The topological polar surface area (TPSA) is 109 Å². The molecular weight excluding hydrogens is 320 g/mol. The molecule has 0 saturated heterocycles. The van der Waals surface area contributed by atoms with Gasteiger partial charge in [-0.15, -0.1) is 10.2 Å². The number of hydrogen-bond donors (Lipinski definition) is 3. The number of fused-ring (bicyclic) bond motifs is 1. The SMILES string of the molecule is Nc1nnc(SCC(=O)NN=Cc2c[nH]c3ccccc23)s1. The number of thioether (sulfide) groups is 1. The predicted octanol–water partition coefficient (Wildman–Crippen LogP) is 1.84. The second-order valence-electron chi connectivity index (χ2n) is 4.28. The smallest absolute Gasteiger partial charge is 0.250 e. The lowest BCUT2D eigenvalue weighted by atomic mass is 10.2. The summed E-state index contributed by atoms with van der Waals surface area (Å²) in [4.78, 5) is 14.8. The molecule has 2 heterocycles. The zero-order valence-corrected chi connectivity index (χ0v) is 12.9. The molecule has 4 N–H and O–H groups in total. The fourth-order valence-corrected chi connectivity index (χ4v) is 3.24. The lowest BCUT2D eigenvalue weighted by Crippen LogP contribution is -2.19. The Balaban J connectivity index is 1.54. The molecule has 7 nitrogen and oxygen atoms in total. The maximum atomic E-state index is 11.7. The molecule has 9 heteroatoms. The van der Waals surface area contributed by atoms with Gasteiger partial charge < -0.3 is 10.7 Å². The fraction of sp³-hybridized carbons (Fsp3) is 0.0769. The number of aromatic nitrogens is 3. The first-order valence-electron chi connectivity index (χ1n) is 6.32. The van der Waals surface area contributed by atoms with Gasteiger partial charge in [-0.1, -0.05) is 41.3 Å². The maximum absolute atomic E-state index is 11.7. The lowest BCUT2D eigenvalue weighted by Gasteiger charge is -1.97. The molecule has 0 fully saturated rings. The second-order valence-corrected chi connectivity index (χ2v) is 6.51. The van der Waals surface area contributed by atoms with Crippen LogP contribution in [0.3, 0.4) is 0 Å². The number of nitrogens with two attached hydrogens (primary N) is 1. The molecule has 3 aromatic rings. The summed E-state index contributed by atoms with van der Waals surface area (Å²) in [5, 5.41) is 12.9. The van der Waals surface area contributed by atoms with Crippen molar-refractivity contribution in [1.29, 1.82) is 0 Å². The largest absolute Gasteiger partial charge is 0.374 e. The summed E-state index contributed by atoms with van der Waals surface area (Å²) in [6, 6.07) is 7.88. The Morgan fingerprint density at radius 2 is 2.32 bits per heavy atom. The highest BCUT2D eigenvalue weighted by molar-refractivity contribution is 8.01. The van der Waals surface area contributed by atoms with Crippen molar-refractivity contribution in [3.8, 4) is 0 Å². The van der Waals surface area contributed by atoms with Crippen molar-refractivity contribution in [2.75, 3.05) is 11.5 Å². The number of nitrogens with zero attached hydrogens (tertiary/aromatic N) is 3. The number of rotatable bonds is 5. The predicted molar refractivity (Wildman–Crippen MR) is 89.1 cm³/mol. The van der Waals surface area contributed by atoms with E-state index in [4.69, 9.17) is 5.73 Å². The van der Waals surface area contributed by atoms with Crippen LogP contribution in [0.1, 0.15) is 5.56 Å². The first-order valence-corrected chi connectivity index (χ1v) is 8.12. The van der Waals surface area contributed by atoms with Crippen molar-refractivity contribution in [2.24, 2.45) is 5.10 Å². The molecule has 0 spiro atoms. The van der Waals surface area contributed by atoms with Crippen molar-refractivity contribution >= 4 is 51.3 Å². The van der Waals surface area contributed by atoms with Gasteiger partial charge in [0.2, 0.25) is 5.13 Å². The third kappa shape index (κ3) is 3.43. The Bertz CT molecular complexity index is 825. The van der Waals surface area contributed by atoms with Gasteiger partial charge >= 0.3 is 0 Å². The van der Waals surface area contributed by atoms with Crippen LogP contribution >= 0.6 is 23.1 Å². The summed E-state index contributed by atoms with van der Waals surface area (Å²) in [6.45, 7) is 0. The average molecular weight is 332 g/mol. The highest BCUT2D eigenvalue weighted by Gasteiger charge is 2.06. The third-order valence-electron chi connectivity index (χ3n) is 2.76. The van der Waals surface area contributed by atoms with Crippen molar-refractivity contribution in [3.05, 3.63) is 36.0 Å². The number of carbonyl (C=O) groups excluding carboxylic acids is 1. The third-order valence-corrected chi connectivity index (χ3v) is 4.65. The van der Waals surface area contributed by atoms with Gasteiger partial charge in [0.15, 0.2) is 4.34 Å². The van der Waals surface area contributed by atoms with Crippen LogP contribution < -0.4 is 11.2 Å². The van der Waals surface area contributed by atoms with Crippen LogP contribution in [0.25, 0.3) is 10.9 Å². The highest BCUT2D eigenvalue weighted by Crippen LogP contribution is 2.22. The minimum Gasteiger partial charge on any atom is -0.374 e. The molecule has 112 valence electrons. The summed E-state index contributed by atoms with van der Waals surface area (Å²) in [7, 11) is 0. The zero-order valence-electron chi connectivity index (χ0n) is 11.3. The van der Waals surface area contributed by atoms with Gasteiger partial charge in [-0.3, -0.25) is 4.79 Å². The number of benzene rings is 1. The van der Waals surface area contributed by atoms with E-state index in [1.54, 1.807) is 6.21 Å². The van der Waals surface area contributed by atoms with Crippen LogP contribution in [0.5, 0.6) is 0 Å². The fourth-order valence-electron chi connectivity index (χ4n) is 1.81. The molecule has 22 heavy (non-hydrogen) atoms. The number of carbonyl (C=O) groups is 1. The van der Waals surface area contributed by atoms with Crippen LogP contribution in [0.15, 0.2) is 39.9 Å². The minimum absolute atomic E-state index is 0.208. The molecule has 0 bridgehead atoms. The Morgan fingerprint density at radius 3 is 3.14 bits per heavy atom. The molecule has 1 aromatic carbocycles. The molecule has 1 amide bonds. The molecular formula is C13H12N6OS2. The second kappa shape index (κ2) is 6.58. The average Bonchev–Trinajstić information content (AvgIpc) is 3.12. The van der Waals surface area contributed by atoms with Crippen molar-refractivity contribution in [3.63, 3.8) is 0 Å². The molecule has 0 radical (unpaired) electrons. The molecule has 0 aliphatic heterocycles. The number of amides is 1. The van der Waals surface area contributed by atoms with Gasteiger partial charge in [0.1, 0.15) is 0 Å². The normalized spacial score (nSPS) is 11.3. The van der Waals surface area contributed by atoms with Crippen LogP contribution in [-0.4, -0.2) is 33.1 Å². The van der Waals surface area contributed by atoms with Gasteiger partial charge in [0.25, 0.3) is 5.91 Å². The summed E-state index contributed by atoms with van der Waals surface area (Å²) >= 11 is 2.52. The standard InChI is InChI=1S/C13H12N6OS2/c14-12-18-19-13(22-12)21-7-11(20)17-16-6-8-5-15-10-4-2-1-3-9(8)10/h1-6,15H,7H2,(H2,14,18)(H,17,20). The number of nitrogen functional groups attached to an aromatic ring is 1. The van der Waals surface area contributed by atoms with E-state index >= 15 is 0 Å². The molecule has 0 aliphatic carbocycles. The van der Waals surface area contributed by atoms with Crippen molar-refractivity contribution in [1.82, 2.24) is 20.6 Å². The van der Waals surface area contributed by atoms with E-state index in [0.29, 0.717) is 9.47 Å². The van der Waals surface area contributed by atoms with E-state index < -0.39 is 0 Å². The van der Waals surface area contributed by atoms with Crippen LogP contribution in [-0.2, 0) is 4.79 Å². The van der Waals surface area contributed by atoms with E-state index in [1.807, 2.05) is 30.5 Å². The van der Waals surface area contributed by atoms with Gasteiger partial charge in [0, 0.05) is 22.7 Å². The molecule has 0 atom stereocenters. The molecule has 3 rings (SSSR count). The van der Waals surface area contributed by atoms with E-state index in [1.165, 1.54) is 23.1 Å². The number of nitrogens with one attached hydrogen (secondary N) is 2. The lowest BCUT2D eigenvalue weighted by molar-refractivity contribution is -0.118. The Morgan fingerprint density at radius 1 is 1.45 bits per heavy atom. The zero-order chi connectivity index (χ0) is 15.4. The molecule has 0 aliphatic rings. The number of anilines is 1. The first kappa shape index (κ1) is 14.5. The van der Waals surface area contributed by atoms with Gasteiger partial charge in [-0.25, -0.2) is 5.43 Å². The Labute approximate surface area is 134 Å². The van der Waals surface area contributed by atoms with Gasteiger partial charge in [-0.05, 0) is 6.07 Å². The number of hydrogen-bond acceptors (Lipinski definition) is 7. The summed E-state index contributed by atoms with van der Waals surface area (Å²) in [5.41, 5.74) is 9.90. The van der Waals surface area contributed by atoms with E-state index in [2.05, 4.69) is 25.7 Å². The minimum atomic E-state index is -0.213. The molecule has 0 saturated carbocycles. The highest BCUT2D eigenvalue weighted by atomic mass is 32.2. The maximum Gasteiger partial charge on any atom is 0.250 e. The quantitative estimate of drug-likeness (QED) is 0.375. The van der Waals surface area contributed by atoms with E-state index in [-0.39, 0.29) is 11.7 Å². The van der Waals surface area contributed by atoms with Gasteiger partial charge in [-0.2, -0.15) is 5.10 Å². The number of aromatic amines is 1. The number of hydrazone groups is 1. The van der Waals surface area contributed by atoms with Crippen LogP contribution in [0.4, 0.5) is 5.13 Å². The van der Waals surface area contributed by atoms with Crippen LogP contribution in [0.2, 0.25) is 0 Å². The summed E-state index contributed by atoms with van der Waals surface area (Å²) in [5.74, 6) is -0.00490. The van der Waals surface area contributed by atoms with Gasteiger partial charge in [0.05, 0.1) is 12.0 Å². The molecule has 2 aromatic heterocycles. The summed E-state index contributed by atoms with van der Waals surface area (Å²) in [6.07, 6.45) is 3.46. The number of H-pyrrole nitrogens is 1. The Kier molecular flexibility index (Phi) is 4.35. The monoisotopic (exact) mass is 332 g/mol. The van der Waals surface area contributed by atoms with Crippen molar-refractivity contribution in [2.45, 2.75) is 4.34 Å². The van der Waals surface area contributed by atoms with E-state index in [9.17, 15) is 4.79 Å². The number of para-hydroxylation sites is 1. The first-order chi connectivity index (χ1) is 10.7. The molecule has 0 unspecified atom stereocenters. The van der Waals surface area contributed by atoms with Crippen LogP contribution in [0, 0.1) is 0 Å². The summed E-state index contributed by atoms with van der Waals surface area (Å²) < 4.78 is 0.660.